The molecule has 1 amide bonds. The number of carboxylic acid groups (broad SMARTS) is 1. The number of nitrogens with two attached hydrogens (primary N) is 1. The van der Waals surface area contributed by atoms with Gasteiger partial charge in [-0.3, -0.25) is 4.79 Å². The van der Waals surface area contributed by atoms with Crippen molar-refractivity contribution in [2.45, 2.75) is 0 Å². The van der Waals surface area contributed by atoms with Gasteiger partial charge in [0.1, 0.15) is 0 Å². The maximum Gasteiger partial charge on any atom is 0.337 e. The molecule has 0 aromatic heterocycles. The van der Waals surface area contributed by atoms with Crippen molar-refractivity contribution in [3.05, 3.63) is 62.2 Å². The SMILES string of the molecule is NC(=O)/C(=C(/C(=O)O)c1ccc(Br)c(Br)c1Br)c1ccc(Br)c(Br)c1Br. The van der Waals surface area contributed by atoms with Gasteiger partial charge in [-0.05, 0) is 108 Å². The summed E-state index contributed by atoms with van der Waals surface area (Å²) >= 11 is 20.3. The predicted molar refractivity (Wildman–Crippen MR) is 123 cm³/mol. The van der Waals surface area contributed by atoms with Gasteiger partial charge in [0.05, 0.1) is 11.1 Å². The minimum Gasteiger partial charge on any atom is -0.478 e. The highest BCUT2D eigenvalue weighted by atomic mass is 79.9. The molecule has 2 aromatic rings. The summed E-state index contributed by atoms with van der Waals surface area (Å²) in [4.78, 5) is 24.3. The first-order valence-electron chi connectivity index (χ1n) is 6.63. The van der Waals surface area contributed by atoms with E-state index in [0.29, 0.717) is 29.0 Å². The molecular weight excluding hydrogens is 734 g/mol. The minimum absolute atomic E-state index is 0.118. The van der Waals surface area contributed by atoms with Gasteiger partial charge in [-0.15, -0.1) is 0 Å². The lowest BCUT2D eigenvalue weighted by molar-refractivity contribution is -0.130. The molecule has 2 rings (SSSR count). The molecule has 0 spiro atoms. The van der Waals surface area contributed by atoms with Crippen LogP contribution in [0, 0.1) is 0 Å². The number of carboxylic acids is 1. The van der Waals surface area contributed by atoms with Crippen LogP contribution >= 0.6 is 95.6 Å². The zero-order valence-corrected chi connectivity index (χ0v) is 21.9. The first-order chi connectivity index (χ1) is 12.1. The van der Waals surface area contributed by atoms with Gasteiger partial charge in [0, 0.05) is 38.0 Å². The van der Waals surface area contributed by atoms with E-state index < -0.39 is 11.9 Å². The molecular formula is C16H7Br6NO3. The molecule has 0 aliphatic rings. The van der Waals surface area contributed by atoms with Crippen LogP contribution in [-0.4, -0.2) is 17.0 Å². The lowest BCUT2D eigenvalue weighted by atomic mass is 9.94. The van der Waals surface area contributed by atoms with Gasteiger partial charge in [0.25, 0.3) is 0 Å². The largest absolute Gasteiger partial charge is 0.478 e. The van der Waals surface area contributed by atoms with Crippen LogP contribution in [0.5, 0.6) is 0 Å². The third kappa shape index (κ3) is 4.35. The Morgan fingerprint density at radius 1 is 0.692 bits per heavy atom. The quantitative estimate of drug-likeness (QED) is 0.207. The van der Waals surface area contributed by atoms with Crippen molar-refractivity contribution >= 4 is 119 Å². The fraction of sp³-hybridized carbons (Fsp3) is 0. The first-order valence-corrected chi connectivity index (χ1v) is 11.4. The van der Waals surface area contributed by atoms with Crippen LogP contribution in [-0.2, 0) is 9.59 Å². The number of primary amides is 1. The molecule has 0 bridgehead atoms. The molecule has 4 nitrogen and oxygen atoms in total. The van der Waals surface area contributed by atoms with Gasteiger partial charge in [-0.1, -0.05) is 12.1 Å². The first kappa shape index (κ1) is 22.3. The zero-order valence-electron chi connectivity index (χ0n) is 12.4. The number of benzene rings is 2. The van der Waals surface area contributed by atoms with Crippen LogP contribution in [0.15, 0.2) is 51.1 Å². The van der Waals surface area contributed by atoms with Crippen molar-refractivity contribution in [1.29, 1.82) is 0 Å². The van der Waals surface area contributed by atoms with Crippen LogP contribution in [0.4, 0.5) is 0 Å². The number of carbonyl (C=O) groups excluding carboxylic acids is 1. The topological polar surface area (TPSA) is 80.4 Å². The molecule has 2 aromatic carbocycles. The van der Waals surface area contributed by atoms with Crippen molar-refractivity contribution in [1.82, 2.24) is 0 Å². The molecule has 0 heterocycles. The molecule has 10 heteroatoms. The number of aliphatic carboxylic acids is 1. The van der Waals surface area contributed by atoms with Crippen LogP contribution in [0.2, 0.25) is 0 Å². The second kappa shape index (κ2) is 9.00. The molecule has 136 valence electrons. The summed E-state index contributed by atoms with van der Waals surface area (Å²) in [6.45, 7) is 0. The molecule has 0 radical (unpaired) electrons. The average Bonchev–Trinajstić information content (AvgIpc) is 2.57. The van der Waals surface area contributed by atoms with Crippen LogP contribution in [0.25, 0.3) is 11.1 Å². The Morgan fingerprint density at radius 3 is 1.42 bits per heavy atom. The monoisotopic (exact) mass is 735 g/mol. The number of hydrogen-bond donors (Lipinski definition) is 2. The van der Waals surface area contributed by atoms with Crippen molar-refractivity contribution in [3.63, 3.8) is 0 Å². The van der Waals surface area contributed by atoms with Gasteiger partial charge in [-0.25, -0.2) is 4.79 Å². The summed E-state index contributed by atoms with van der Waals surface area (Å²) in [6.07, 6.45) is 0. The molecule has 0 unspecified atom stereocenters. The Morgan fingerprint density at radius 2 is 1.08 bits per heavy atom. The van der Waals surface area contributed by atoms with Gasteiger partial charge in [0.2, 0.25) is 5.91 Å². The number of halogens is 6. The average molecular weight is 741 g/mol. The minimum atomic E-state index is -1.28. The molecule has 0 aliphatic carbocycles. The molecule has 0 saturated heterocycles. The predicted octanol–water partition coefficient (Wildman–Crippen LogP) is 6.74. The third-order valence-corrected chi connectivity index (χ3v) is 10.1. The maximum atomic E-state index is 12.2. The molecule has 3 N–H and O–H groups in total. The Bertz CT molecular complexity index is 893. The van der Waals surface area contributed by atoms with Gasteiger partial charge >= 0.3 is 5.97 Å². The summed E-state index contributed by atoms with van der Waals surface area (Å²) in [5, 5.41) is 9.86. The van der Waals surface area contributed by atoms with E-state index in [9.17, 15) is 14.7 Å². The number of amides is 1. The summed E-state index contributed by atoms with van der Waals surface area (Å²) in [5.41, 5.74) is 5.91. The third-order valence-electron chi connectivity index (χ3n) is 3.32. The molecule has 0 aliphatic heterocycles. The standard InChI is InChI=1S/C16H7Br6NO3/c17-7-3-1-5(11(19)13(7)21)9(15(23)24)10(16(25)26)6-2-4-8(18)14(22)12(6)20/h1-4H,(H2,23,24)(H,25,26)/b10-9+. The van der Waals surface area contributed by atoms with Gasteiger partial charge < -0.3 is 10.8 Å². The summed E-state index contributed by atoms with van der Waals surface area (Å²) in [6, 6.07) is 6.58. The van der Waals surface area contributed by atoms with E-state index in [-0.39, 0.29) is 11.1 Å². The van der Waals surface area contributed by atoms with Gasteiger partial charge in [0.15, 0.2) is 0 Å². The van der Waals surface area contributed by atoms with E-state index in [1.165, 1.54) is 0 Å². The van der Waals surface area contributed by atoms with Crippen LogP contribution < -0.4 is 5.73 Å². The van der Waals surface area contributed by atoms with Gasteiger partial charge in [-0.2, -0.15) is 0 Å². The van der Waals surface area contributed by atoms with E-state index in [2.05, 4.69) is 95.6 Å². The number of rotatable bonds is 4. The second-order valence-corrected chi connectivity index (χ2v) is 9.75. The smallest absolute Gasteiger partial charge is 0.337 e. The van der Waals surface area contributed by atoms with Crippen molar-refractivity contribution < 1.29 is 14.7 Å². The van der Waals surface area contributed by atoms with Crippen LogP contribution in [0.1, 0.15) is 11.1 Å². The second-order valence-electron chi connectivity index (χ2n) is 4.87. The van der Waals surface area contributed by atoms with E-state index in [1.54, 1.807) is 24.3 Å². The summed E-state index contributed by atoms with van der Waals surface area (Å²) < 4.78 is 3.71. The maximum absolute atomic E-state index is 12.2. The number of hydrogen-bond acceptors (Lipinski definition) is 2. The molecule has 0 fully saturated rings. The fourth-order valence-corrected chi connectivity index (χ4v) is 5.16. The van der Waals surface area contributed by atoms with E-state index in [4.69, 9.17) is 5.73 Å². The fourth-order valence-electron chi connectivity index (χ4n) is 2.19. The normalized spacial score (nSPS) is 11.9. The highest BCUT2D eigenvalue weighted by Gasteiger charge is 2.27. The van der Waals surface area contributed by atoms with Crippen molar-refractivity contribution in [2.24, 2.45) is 5.73 Å². The summed E-state index contributed by atoms with van der Waals surface area (Å²) in [7, 11) is 0. The lowest BCUT2D eigenvalue weighted by Crippen LogP contribution is -2.18. The Balaban J connectivity index is 2.97. The van der Waals surface area contributed by atoms with Crippen molar-refractivity contribution in [2.75, 3.05) is 0 Å². The highest BCUT2D eigenvalue weighted by Crippen LogP contribution is 2.42. The number of carbonyl (C=O) groups is 2. The highest BCUT2D eigenvalue weighted by molar-refractivity contribution is 9.15. The zero-order chi connectivity index (χ0) is 19.8. The molecule has 0 atom stereocenters. The Hall–Kier alpha value is 0.000000000000000222. The van der Waals surface area contributed by atoms with Crippen molar-refractivity contribution in [3.8, 4) is 0 Å². The van der Waals surface area contributed by atoms with E-state index >= 15 is 0 Å². The van der Waals surface area contributed by atoms with Crippen LogP contribution in [0.3, 0.4) is 0 Å². The van der Waals surface area contributed by atoms with E-state index in [0.717, 1.165) is 8.95 Å². The molecule has 26 heavy (non-hydrogen) atoms. The summed E-state index contributed by atoms with van der Waals surface area (Å²) in [5.74, 6) is -2.14. The van der Waals surface area contributed by atoms with E-state index in [1.807, 2.05) is 0 Å². The lowest BCUT2D eigenvalue weighted by Gasteiger charge is -2.15. The Labute approximate surface area is 199 Å². The molecule has 0 saturated carbocycles. The Kier molecular flexibility index (Phi) is 7.72.